The number of rotatable bonds is 5. The molecule has 0 bridgehead atoms. The molecular weight excluding hydrogens is 240 g/mol. The highest BCUT2D eigenvalue weighted by atomic mass is 16.5. The molecular formula is C15H28N2O2. The van der Waals surface area contributed by atoms with E-state index in [1.54, 1.807) is 0 Å². The molecule has 2 unspecified atom stereocenters. The normalized spacial score (nSPS) is 30.2. The molecule has 0 spiro atoms. The van der Waals surface area contributed by atoms with Gasteiger partial charge in [0.25, 0.3) is 0 Å². The van der Waals surface area contributed by atoms with E-state index in [4.69, 9.17) is 10.5 Å². The number of nitrogens with two attached hydrogens (primary N) is 1. The van der Waals surface area contributed by atoms with E-state index < -0.39 is 0 Å². The molecule has 4 nitrogen and oxygen atoms in total. The third-order valence-electron chi connectivity index (χ3n) is 4.98. The minimum Gasteiger partial charge on any atom is -0.378 e. The molecule has 1 amide bonds. The van der Waals surface area contributed by atoms with Gasteiger partial charge in [-0.1, -0.05) is 19.3 Å². The lowest BCUT2D eigenvalue weighted by molar-refractivity contribution is -0.124. The van der Waals surface area contributed by atoms with E-state index >= 15 is 0 Å². The van der Waals surface area contributed by atoms with Gasteiger partial charge < -0.3 is 15.8 Å². The fourth-order valence-corrected chi connectivity index (χ4v) is 3.45. The van der Waals surface area contributed by atoms with Crippen molar-refractivity contribution in [1.29, 1.82) is 0 Å². The van der Waals surface area contributed by atoms with Crippen molar-refractivity contribution in [3.05, 3.63) is 0 Å². The minimum absolute atomic E-state index is 0.0696. The average molecular weight is 268 g/mol. The van der Waals surface area contributed by atoms with Gasteiger partial charge in [0.15, 0.2) is 0 Å². The molecule has 1 saturated carbocycles. The summed E-state index contributed by atoms with van der Waals surface area (Å²) >= 11 is 0. The number of hydrogen-bond donors (Lipinski definition) is 2. The molecule has 2 aliphatic rings. The molecule has 2 rings (SSSR count). The molecule has 110 valence electrons. The maximum atomic E-state index is 12.1. The minimum atomic E-state index is 0.0696. The summed E-state index contributed by atoms with van der Waals surface area (Å²) in [6.45, 7) is 4.31. The Morgan fingerprint density at radius 3 is 2.68 bits per heavy atom. The Morgan fingerprint density at radius 1 is 1.37 bits per heavy atom. The lowest BCUT2D eigenvalue weighted by atomic mass is 9.71. The quantitative estimate of drug-likeness (QED) is 0.799. The van der Waals surface area contributed by atoms with Crippen LogP contribution < -0.4 is 11.1 Å². The Bertz CT molecular complexity index is 301. The van der Waals surface area contributed by atoms with Crippen molar-refractivity contribution < 1.29 is 9.53 Å². The lowest BCUT2D eigenvalue weighted by Crippen LogP contribution is -2.40. The standard InChI is InChI=1S/C15H28N2O2/c1-12-13(5-8-19-12)10-17-14(18)9-15(11-16)6-3-2-4-7-15/h12-13H,2-11,16H2,1H3,(H,17,18). The first-order valence-electron chi connectivity index (χ1n) is 7.74. The summed E-state index contributed by atoms with van der Waals surface area (Å²) in [5.74, 6) is 0.649. The van der Waals surface area contributed by atoms with Crippen LogP contribution in [-0.2, 0) is 9.53 Å². The van der Waals surface area contributed by atoms with Crippen molar-refractivity contribution in [2.24, 2.45) is 17.1 Å². The van der Waals surface area contributed by atoms with Gasteiger partial charge in [-0.2, -0.15) is 0 Å². The molecule has 1 aliphatic heterocycles. The molecule has 1 saturated heterocycles. The average Bonchev–Trinajstić information content (AvgIpc) is 2.83. The predicted octanol–water partition coefficient (Wildman–Crippen LogP) is 1.83. The monoisotopic (exact) mass is 268 g/mol. The number of hydrogen-bond acceptors (Lipinski definition) is 3. The van der Waals surface area contributed by atoms with Crippen LogP contribution in [0.4, 0.5) is 0 Å². The van der Waals surface area contributed by atoms with Crippen LogP contribution in [0, 0.1) is 11.3 Å². The Balaban J connectivity index is 1.76. The van der Waals surface area contributed by atoms with E-state index in [2.05, 4.69) is 12.2 Å². The van der Waals surface area contributed by atoms with Crippen molar-refractivity contribution in [3.63, 3.8) is 0 Å². The smallest absolute Gasteiger partial charge is 0.220 e. The van der Waals surface area contributed by atoms with Crippen LogP contribution in [0.15, 0.2) is 0 Å². The van der Waals surface area contributed by atoms with Gasteiger partial charge >= 0.3 is 0 Å². The van der Waals surface area contributed by atoms with Crippen molar-refractivity contribution in [3.8, 4) is 0 Å². The Kier molecular flexibility index (Phi) is 5.22. The molecule has 0 aromatic heterocycles. The number of nitrogens with one attached hydrogen (secondary N) is 1. The molecule has 3 N–H and O–H groups in total. The molecule has 19 heavy (non-hydrogen) atoms. The summed E-state index contributed by atoms with van der Waals surface area (Å²) in [6.07, 6.45) is 7.89. The van der Waals surface area contributed by atoms with Crippen molar-refractivity contribution in [2.75, 3.05) is 19.7 Å². The summed E-state index contributed by atoms with van der Waals surface area (Å²) < 4.78 is 5.52. The second-order valence-electron chi connectivity index (χ2n) is 6.37. The van der Waals surface area contributed by atoms with E-state index in [1.165, 1.54) is 19.3 Å². The van der Waals surface area contributed by atoms with E-state index in [-0.39, 0.29) is 17.4 Å². The summed E-state index contributed by atoms with van der Waals surface area (Å²) in [5, 5.41) is 3.09. The lowest BCUT2D eigenvalue weighted by Gasteiger charge is -2.35. The van der Waals surface area contributed by atoms with E-state index in [0.717, 1.165) is 32.4 Å². The summed E-state index contributed by atoms with van der Waals surface area (Å²) in [7, 11) is 0. The molecule has 0 aromatic rings. The van der Waals surface area contributed by atoms with Crippen LogP contribution in [0.25, 0.3) is 0 Å². The molecule has 2 fully saturated rings. The highest BCUT2D eigenvalue weighted by Crippen LogP contribution is 2.38. The van der Waals surface area contributed by atoms with Gasteiger partial charge in [-0.3, -0.25) is 4.79 Å². The highest BCUT2D eigenvalue weighted by Gasteiger charge is 2.33. The third-order valence-corrected chi connectivity index (χ3v) is 4.98. The van der Waals surface area contributed by atoms with E-state index in [0.29, 0.717) is 18.9 Å². The molecule has 4 heteroatoms. The number of ether oxygens (including phenoxy) is 1. The molecule has 1 aliphatic carbocycles. The van der Waals surface area contributed by atoms with E-state index in [1.807, 2.05) is 0 Å². The van der Waals surface area contributed by atoms with Gasteiger partial charge in [0.2, 0.25) is 5.91 Å². The zero-order valence-electron chi connectivity index (χ0n) is 12.1. The largest absolute Gasteiger partial charge is 0.378 e. The van der Waals surface area contributed by atoms with Crippen LogP contribution in [0.1, 0.15) is 51.9 Å². The van der Waals surface area contributed by atoms with Gasteiger partial charge in [-0.05, 0) is 38.1 Å². The second-order valence-corrected chi connectivity index (χ2v) is 6.37. The third kappa shape index (κ3) is 3.93. The van der Waals surface area contributed by atoms with Gasteiger partial charge in [0.1, 0.15) is 0 Å². The molecule has 2 atom stereocenters. The van der Waals surface area contributed by atoms with Gasteiger partial charge in [0.05, 0.1) is 6.10 Å². The van der Waals surface area contributed by atoms with E-state index in [9.17, 15) is 4.79 Å². The fraction of sp³-hybridized carbons (Fsp3) is 0.933. The Morgan fingerprint density at radius 2 is 2.11 bits per heavy atom. The number of carbonyl (C=O) groups is 1. The summed E-state index contributed by atoms with van der Waals surface area (Å²) in [6, 6.07) is 0. The van der Waals surface area contributed by atoms with Crippen LogP contribution in [0.5, 0.6) is 0 Å². The summed E-state index contributed by atoms with van der Waals surface area (Å²) in [5.41, 5.74) is 6.00. The van der Waals surface area contributed by atoms with Crippen molar-refractivity contribution >= 4 is 5.91 Å². The van der Waals surface area contributed by atoms with Crippen LogP contribution >= 0.6 is 0 Å². The van der Waals surface area contributed by atoms with Crippen molar-refractivity contribution in [2.45, 2.75) is 58.0 Å². The number of amides is 1. The predicted molar refractivity (Wildman–Crippen MR) is 75.7 cm³/mol. The first kappa shape index (κ1) is 14.8. The zero-order valence-corrected chi connectivity index (χ0v) is 12.1. The zero-order chi connectivity index (χ0) is 13.7. The maximum Gasteiger partial charge on any atom is 0.220 e. The summed E-state index contributed by atoms with van der Waals surface area (Å²) in [4.78, 5) is 12.1. The highest BCUT2D eigenvalue weighted by molar-refractivity contribution is 5.76. The number of carbonyl (C=O) groups excluding carboxylic acids is 1. The first-order valence-corrected chi connectivity index (χ1v) is 7.74. The molecule has 1 heterocycles. The topological polar surface area (TPSA) is 64.3 Å². The molecule has 0 radical (unpaired) electrons. The van der Waals surface area contributed by atoms with Crippen LogP contribution in [-0.4, -0.2) is 31.7 Å². The maximum absolute atomic E-state index is 12.1. The Hall–Kier alpha value is -0.610. The Labute approximate surface area is 116 Å². The van der Waals surface area contributed by atoms with Gasteiger partial charge in [0, 0.05) is 25.5 Å². The second kappa shape index (κ2) is 6.71. The van der Waals surface area contributed by atoms with Gasteiger partial charge in [-0.25, -0.2) is 0 Å². The fourth-order valence-electron chi connectivity index (χ4n) is 3.45. The van der Waals surface area contributed by atoms with Crippen LogP contribution in [0.3, 0.4) is 0 Å². The van der Waals surface area contributed by atoms with Gasteiger partial charge in [-0.15, -0.1) is 0 Å². The first-order chi connectivity index (χ1) is 9.15. The van der Waals surface area contributed by atoms with Crippen molar-refractivity contribution in [1.82, 2.24) is 5.32 Å². The van der Waals surface area contributed by atoms with Crippen LogP contribution in [0.2, 0.25) is 0 Å². The molecule has 0 aromatic carbocycles. The SMILES string of the molecule is CC1OCCC1CNC(=O)CC1(CN)CCCCC1.